The summed E-state index contributed by atoms with van der Waals surface area (Å²) < 4.78 is 9.95. The van der Waals surface area contributed by atoms with Gasteiger partial charge in [-0.3, -0.25) is 0 Å². The minimum absolute atomic E-state index is 0.112. The van der Waals surface area contributed by atoms with Crippen molar-refractivity contribution in [3.63, 3.8) is 0 Å². The Balaban J connectivity index is 3.07. The van der Waals surface area contributed by atoms with Gasteiger partial charge in [0.25, 0.3) is 0 Å². The number of hydrogen-bond acceptors (Lipinski definition) is 4. The topological polar surface area (TPSA) is 38.7 Å². The Morgan fingerprint density at radius 1 is 1.36 bits per heavy atom. The molecule has 3 nitrogen and oxygen atoms in total. The lowest BCUT2D eigenvalue weighted by atomic mass is 10.5. The molecule has 0 aliphatic heterocycles. The van der Waals surface area contributed by atoms with Gasteiger partial charge in [-0.25, -0.2) is 0 Å². The highest BCUT2D eigenvalue weighted by atomic mass is 32.2. The molecular weight excluding hydrogens is 164 g/mol. The Kier molecular flexibility index (Phi) is 8.50. The Hall–Kier alpha value is 0.230. The third-order valence-electron chi connectivity index (χ3n) is 1.23. The van der Waals surface area contributed by atoms with Crippen molar-refractivity contribution in [2.75, 3.05) is 32.3 Å². The zero-order valence-corrected chi connectivity index (χ0v) is 7.89. The third-order valence-corrected chi connectivity index (χ3v) is 2.31. The Morgan fingerprint density at radius 2 is 2.00 bits per heavy atom. The van der Waals surface area contributed by atoms with Crippen LogP contribution in [-0.4, -0.2) is 43.7 Å². The minimum atomic E-state index is -0.112. The van der Waals surface area contributed by atoms with E-state index in [0.29, 0.717) is 0 Å². The first-order chi connectivity index (χ1) is 5.35. The summed E-state index contributed by atoms with van der Waals surface area (Å²) in [5, 5.41) is 8.47. The van der Waals surface area contributed by atoms with Crippen molar-refractivity contribution in [2.45, 2.75) is 12.7 Å². The molecule has 0 aromatic rings. The average molecular weight is 180 g/mol. The Bertz CT molecular complexity index is 76.1. The van der Waals surface area contributed by atoms with E-state index in [9.17, 15) is 0 Å². The molecule has 11 heavy (non-hydrogen) atoms. The zero-order chi connectivity index (χ0) is 8.53. The maximum atomic E-state index is 8.47. The van der Waals surface area contributed by atoms with E-state index in [-0.39, 0.29) is 12.9 Å². The largest absolute Gasteiger partial charge is 0.396 e. The normalized spacial score (nSPS) is 10.9. The molecule has 0 unspecified atom stereocenters. The summed E-state index contributed by atoms with van der Waals surface area (Å²) in [6.07, 6.45) is 0.726. The Labute approximate surface area is 72.1 Å². The molecule has 0 atom stereocenters. The summed E-state index contributed by atoms with van der Waals surface area (Å²) in [4.78, 5) is 0. The molecule has 0 aromatic heterocycles. The molecule has 0 bridgehead atoms. The molecule has 0 heterocycles. The number of rotatable bonds is 7. The quantitative estimate of drug-likeness (QED) is 0.463. The average Bonchev–Trinajstić information content (AvgIpc) is 2.05. The van der Waals surface area contributed by atoms with Gasteiger partial charge in [-0.05, 0) is 12.2 Å². The van der Waals surface area contributed by atoms with Crippen molar-refractivity contribution in [1.29, 1.82) is 0 Å². The number of methoxy groups -OCH3 is 2. The van der Waals surface area contributed by atoms with Crippen LogP contribution in [0.1, 0.15) is 6.42 Å². The number of aliphatic hydroxyl groups is 1. The van der Waals surface area contributed by atoms with Gasteiger partial charge in [0.2, 0.25) is 0 Å². The molecule has 0 aliphatic carbocycles. The van der Waals surface area contributed by atoms with Crippen LogP contribution in [0, 0.1) is 0 Å². The molecule has 0 saturated heterocycles. The van der Waals surface area contributed by atoms with E-state index in [4.69, 9.17) is 14.6 Å². The van der Waals surface area contributed by atoms with Gasteiger partial charge >= 0.3 is 0 Å². The molecule has 0 aromatic carbocycles. The fourth-order valence-corrected chi connectivity index (χ4v) is 1.54. The van der Waals surface area contributed by atoms with Crippen LogP contribution in [0.25, 0.3) is 0 Å². The van der Waals surface area contributed by atoms with Crippen molar-refractivity contribution >= 4 is 11.8 Å². The maximum Gasteiger partial charge on any atom is 0.165 e. The highest BCUT2D eigenvalue weighted by molar-refractivity contribution is 7.99. The van der Waals surface area contributed by atoms with Gasteiger partial charge in [0, 0.05) is 26.6 Å². The van der Waals surface area contributed by atoms with Gasteiger partial charge in [0.05, 0.1) is 0 Å². The molecule has 1 N–H and O–H groups in total. The summed E-state index contributed by atoms with van der Waals surface area (Å²) >= 11 is 1.73. The lowest BCUT2D eigenvalue weighted by molar-refractivity contribution is -0.0842. The number of ether oxygens (including phenoxy) is 2. The van der Waals surface area contributed by atoms with Crippen LogP contribution in [-0.2, 0) is 9.47 Å². The van der Waals surface area contributed by atoms with Gasteiger partial charge in [0.1, 0.15) is 0 Å². The van der Waals surface area contributed by atoms with Crippen LogP contribution in [0.5, 0.6) is 0 Å². The van der Waals surface area contributed by atoms with Gasteiger partial charge in [0.15, 0.2) is 6.29 Å². The van der Waals surface area contributed by atoms with Crippen LogP contribution < -0.4 is 0 Å². The Morgan fingerprint density at radius 3 is 2.45 bits per heavy atom. The minimum Gasteiger partial charge on any atom is -0.396 e. The summed E-state index contributed by atoms with van der Waals surface area (Å²) in [5.41, 5.74) is 0. The van der Waals surface area contributed by atoms with E-state index >= 15 is 0 Å². The highest BCUT2D eigenvalue weighted by Gasteiger charge is 2.03. The molecule has 0 amide bonds. The summed E-state index contributed by atoms with van der Waals surface area (Å²) in [5.74, 6) is 1.78. The molecule has 0 radical (unpaired) electrons. The molecule has 4 heteroatoms. The molecule has 68 valence electrons. The van der Waals surface area contributed by atoms with E-state index in [0.717, 1.165) is 17.9 Å². The fourth-order valence-electron chi connectivity index (χ4n) is 0.578. The first-order valence-electron chi connectivity index (χ1n) is 3.59. The monoisotopic (exact) mass is 180 g/mol. The van der Waals surface area contributed by atoms with Crippen molar-refractivity contribution < 1.29 is 14.6 Å². The second-order valence-corrected chi connectivity index (χ2v) is 3.20. The predicted octanol–water partition coefficient (Wildman–Crippen LogP) is 0.721. The van der Waals surface area contributed by atoms with Crippen molar-refractivity contribution in [2.24, 2.45) is 0 Å². The zero-order valence-electron chi connectivity index (χ0n) is 7.08. The van der Waals surface area contributed by atoms with Gasteiger partial charge < -0.3 is 14.6 Å². The van der Waals surface area contributed by atoms with E-state index < -0.39 is 0 Å². The van der Waals surface area contributed by atoms with Gasteiger partial charge in [-0.2, -0.15) is 11.8 Å². The van der Waals surface area contributed by atoms with Crippen molar-refractivity contribution in [3.8, 4) is 0 Å². The second-order valence-electron chi connectivity index (χ2n) is 2.05. The van der Waals surface area contributed by atoms with Gasteiger partial charge in [-0.1, -0.05) is 0 Å². The molecule has 0 spiro atoms. The van der Waals surface area contributed by atoms with Crippen LogP contribution >= 0.6 is 11.8 Å². The highest BCUT2D eigenvalue weighted by Crippen LogP contribution is 2.06. The van der Waals surface area contributed by atoms with E-state index in [1.54, 1.807) is 26.0 Å². The van der Waals surface area contributed by atoms with Crippen LogP contribution in [0.15, 0.2) is 0 Å². The fraction of sp³-hybridized carbons (Fsp3) is 1.00. The molecule has 0 rings (SSSR count). The van der Waals surface area contributed by atoms with Crippen molar-refractivity contribution in [3.05, 3.63) is 0 Å². The van der Waals surface area contributed by atoms with Crippen LogP contribution in [0.4, 0.5) is 0 Å². The molecule has 0 aliphatic rings. The van der Waals surface area contributed by atoms with Crippen LogP contribution in [0.3, 0.4) is 0 Å². The number of thioether (sulfide) groups is 1. The van der Waals surface area contributed by atoms with Gasteiger partial charge in [-0.15, -0.1) is 0 Å². The number of aliphatic hydroxyl groups excluding tert-OH is 1. The van der Waals surface area contributed by atoms with Crippen LogP contribution in [0.2, 0.25) is 0 Å². The molecule has 0 fully saturated rings. The third kappa shape index (κ3) is 6.62. The maximum absolute atomic E-state index is 8.47. The van der Waals surface area contributed by atoms with E-state index in [1.165, 1.54) is 0 Å². The lowest BCUT2D eigenvalue weighted by Crippen LogP contribution is -2.16. The number of hydrogen-bond donors (Lipinski definition) is 1. The molecular formula is C7H16O3S. The smallest absolute Gasteiger partial charge is 0.165 e. The van der Waals surface area contributed by atoms with Crippen molar-refractivity contribution in [1.82, 2.24) is 0 Å². The predicted molar refractivity (Wildman–Crippen MR) is 46.8 cm³/mol. The first kappa shape index (κ1) is 11.2. The van der Waals surface area contributed by atoms with E-state index in [2.05, 4.69) is 0 Å². The summed E-state index contributed by atoms with van der Waals surface area (Å²) in [6.45, 7) is 0.262. The summed E-state index contributed by atoms with van der Waals surface area (Å²) in [6, 6.07) is 0. The molecule has 0 saturated carbocycles. The van der Waals surface area contributed by atoms with E-state index in [1.807, 2.05) is 0 Å². The SMILES string of the molecule is COC(CSCCCO)OC. The standard InChI is InChI=1S/C7H16O3S/c1-9-7(10-2)6-11-5-3-4-8/h7-8H,3-6H2,1-2H3. The second kappa shape index (κ2) is 8.33. The first-order valence-corrected chi connectivity index (χ1v) is 4.74. The summed E-state index contributed by atoms with van der Waals surface area (Å²) in [7, 11) is 3.25. The lowest BCUT2D eigenvalue weighted by Gasteiger charge is -2.11.